The van der Waals surface area contributed by atoms with Crippen LogP contribution in [0.3, 0.4) is 0 Å². The van der Waals surface area contributed by atoms with Crippen molar-refractivity contribution in [2.45, 2.75) is 19.5 Å². The number of halogens is 1. The van der Waals surface area contributed by atoms with Crippen molar-refractivity contribution in [2.75, 3.05) is 63.9 Å². The quantitative estimate of drug-likeness (QED) is 0.466. The van der Waals surface area contributed by atoms with Crippen LogP contribution in [0, 0.1) is 0 Å². The predicted octanol–water partition coefficient (Wildman–Crippen LogP) is 2.53. The van der Waals surface area contributed by atoms with Gasteiger partial charge in [0.05, 0.1) is 56.5 Å². The molecule has 0 bridgehead atoms. The van der Waals surface area contributed by atoms with E-state index in [9.17, 15) is 18.0 Å². The molecular formula is C26H34ClN3O7S. The van der Waals surface area contributed by atoms with Gasteiger partial charge in [-0.05, 0) is 36.2 Å². The SMILES string of the molecule is CCOc1cc([C@@H](CS(C)(=O)=O)N2Cc3cccc(NC(=O)CN4CCOCC4)c3C2=O)ccc1OC.Cl. The third-order valence-electron chi connectivity index (χ3n) is 6.42. The molecule has 1 fully saturated rings. The van der Waals surface area contributed by atoms with Gasteiger partial charge < -0.3 is 24.4 Å². The number of rotatable bonds is 10. The van der Waals surface area contributed by atoms with Gasteiger partial charge in [-0.3, -0.25) is 14.5 Å². The topological polar surface area (TPSA) is 114 Å². The maximum atomic E-state index is 13.7. The summed E-state index contributed by atoms with van der Waals surface area (Å²) < 4.78 is 41.2. The molecule has 2 aliphatic heterocycles. The van der Waals surface area contributed by atoms with Gasteiger partial charge >= 0.3 is 0 Å². The van der Waals surface area contributed by atoms with Gasteiger partial charge in [0.2, 0.25) is 5.91 Å². The standard InChI is InChI=1S/C26H33N3O7S.ClH/c1-4-36-23-14-18(8-9-22(23)34-2)21(17-37(3,32)33)29-15-19-6-5-7-20(25(19)26(29)31)27-24(30)16-28-10-12-35-13-11-28;/h5-9,14,21H,4,10-13,15-17H2,1-3H3,(H,27,30);1H/t21-;/m1./s1. The second kappa shape index (κ2) is 12.8. The van der Waals surface area contributed by atoms with E-state index in [4.69, 9.17) is 14.2 Å². The molecule has 0 aliphatic carbocycles. The van der Waals surface area contributed by atoms with Crippen LogP contribution in [-0.4, -0.2) is 88.6 Å². The highest BCUT2D eigenvalue weighted by Gasteiger charge is 2.37. The highest BCUT2D eigenvalue weighted by molar-refractivity contribution is 7.90. The first-order chi connectivity index (χ1) is 17.7. The number of morpholine rings is 1. The van der Waals surface area contributed by atoms with Crippen molar-refractivity contribution in [1.82, 2.24) is 9.80 Å². The van der Waals surface area contributed by atoms with E-state index in [0.29, 0.717) is 61.2 Å². The van der Waals surface area contributed by atoms with Crippen LogP contribution in [-0.2, 0) is 25.9 Å². The molecule has 0 radical (unpaired) electrons. The molecule has 2 aromatic rings. The molecular weight excluding hydrogens is 534 g/mol. The number of methoxy groups -OCH3 is 1. The van der Waals surface area contributed by atoms with E-state index in [1.165, 1.54) is 7.11 Å². The number of ether oxygens (including phenoxy) is 3. The summed E-state index contributed by atoms with van der Waals surface area (Å²) in [6.45, 7) is 5.18. The Labute approximate surface area is 229 Å². The molecule has 208 valence electrons. The average molecular weight is 568 g/mol. The fourth-order valence-corrected chi connectivity index (χ4v) is 5.66. The lowest BCUT2D eigenvalue weighted by Gasteiger charge is -2.28. The van der Waals surface area contributed by atoms with Crippen LogP contribution >= 0.6 is 12.4 Å². The van der Waals surface area contributed by atoms with Crippen molar-refractivity contribution in [2.24, 2.45) is 0 Å². The molecule has 38 heavy (non-hydrogen) atoms. The summed E-state index contributed by atoms with van der Waals surface area (Å²) in [5.74, 6) is 0.181. The highest BCUT2D eigenvalue weighted by atomic mass is 35.5. The van der Waals surface area contributed by atoms with Crippen molar-refractivity contribution < 1.29 is 32.2 Å². The summed E-state index contributed by atoms with van der Waals surface area (Å²) in [5.41, 5.74) is 2.15. The maximum absolute atomic E-state index is 13.7. The number of anilines is 1. The maximum Gasteiger partial charge on any atom is 0.257 e. The average Bonchev–Trinajstić information content (AvgIpc) is 3.20. The van der Waals surface area contributed by atoms with Gasteiger partial charge in [0, 0.05) is 25.9 Å². The van der Waals surface area contributed by atoms with Crippen molar-refractivity contribution in [3.05, 3.63) is 53.1 Å². The van der Waals surface area contributed by atoms with E-state index in [1.807, 2.05) is 17.9 Å². The molecule has 2 aliphatic rings. The van der Waals surface area contributed by atoms with Crippen LogP contribution in [0.4, 0.5) is 5.69 Å². The summed E-state index contributed by atoms with van der Waals surface area (Å²) in [5, 5.41) is 2.88. The van der Waals surface area contributed by atoms with E-state index in [0.717, 1.165) is 11.8 Å². The number of carbonyl (C=O) groups is 2. The van der Waals surface area contributed by atoms with E-state index in [1.54, 1.807) is 35.2 Å². The van der Waals surface area contributed by atoms with Crippen molar-refractivity contribution in [3.63, 3.8) is 0 Å². The van der Waals surface area contributed by atoms with E-state index in [2.05, 4.69) is 5.32 Å². The predicted molar refractivity (Wildman–Crippen MR) is 146 cm³/mol. The summed E-state index contributed by atoms with van der Waals surface area (Å²) in [4.78, 5) is 30.0. The van der Waals surface area contributed by atoms with E-state index < -0.39 is 15.9 Å². The molecule has 0 aromatic heterocycles. The Balaban J connectivity index is 0.00000400. The zero-order chi connectivity index (χ0) is 26.6. The molecule has 1 saturated heterocycles. The summed E-state index contributed by atoms with van der Waals surface area (Å²) in [6, 6.07) is 9.73. The van der Waals surface area contributed by atoms with Gasteiger partial charge in [-0.25, -0.2) is 8.42 Å². The monoisotopic (exact) mass is 567 g/mol. The molecule has 0 saturated carbocycles. The minimum absolute atomic E-state index is 0. The third kappa shape index (κ3) is 6.96. The molecule has 1 atom stereocenters. The zero-order valence-corrected chi connectivity index (χ0v) is 23.4. The van der Waals surface area contributed by atoms with Gasteiger partial charge in [-0.1, -0.05) is 18.2 Å². The minimum atomic E-state index is -3.46. The Bertz CT molecular complexity index is 1270. The van der Waals surface area contributed by atoms with E-state index in [-0.39, 0.29) is 43.1 Å². The molecule has 1 N–H and O–H groups in total. The first kappa shape index (κ1) is 29.7. The van der Waals surface area contributed by atoms with Gasteiger partial charge in [0.15, 0.2) is 11.5 Å². The lowest BCUT2D eigenvalue weighted by atomic mass is 10.1. The molecule has 2 aromatic carbocycles. The Morgan fingerprint density at radius 1 is 1.16 bits per heavy atom. The van der Waals surface area contributed by atoms with Gasteiger partial charge in [0.25, 0.3) is 5.91 Å². The number of hydrogen-bond donors (Lipinski definition) is 1. The summed E-state index contributed by atoms with van der Waals surface area (Å²) in [6.07, 6.45) is 1.15. The molecule has 12 heteroatoms. The number of sulfone groups is 1. The molecule has 4 rings (SSSR count). The molecule has 2 heterocycles. The van der Waals surface area contributed by atoms with Crippen LogP contribution in [0.5, 0.6) is 11.5 Å². The summed E-state index contributed by atoms with van der Waals surface area (Å²) in [7, 11) is -1.93. The normalized spacial score (nSPS) is 16.4. The minimum Gasteiger partial charge on any atom is -0.493 e. The lowest BCUT2D eigenvalue weighted by molar-refractivity contribution is -0.118. The number of hydrogen-bond acceptors (Lipinski definition) is 8. The highest BCUT2D eigenvalue weighted by Crippen LogP contribution is 2.38. The molecule has 0 unspecified atom stereocenters. The molecule has 10 nitrogen and oxygen atoms in total. The Morgan fingerprint density at radius 3 is 2.55 bits per heavy atom. The van der Waals surface area contributed by atoms with Crippen LogP contribution in [0.25, 0.3) is 0 Å². The molecule has 0 spiro atoms. The Morgan fingerprint density at radius 2 is 1.89 bits per heavy atom. The van der Waals surface area contributed by atoms with Gasteiger partial charge in [0.1, 0.15) is 9.84 Å². The third-order valence-corrected chi connectivity index (χ3v) is 7.34. The Hall–Kier alpha value is -2.86. The molecule has 2 amide bonds. The van der Waals surface area contributed by atoms with E-state index >= 15 is 0 Å². The largest absolute Gasteiger partial charge is 0.493 e. The van der Waals surface area contributed by atoms with Gasteiger partial charge in [-0.15, -0.1) is 12.4 Å². The van der Waals surface area contributed by atoms with Crippen molar-refractivity contribution in [3.8, 4) is 11.5 Å². The van der Waals surface area contributed by atoms with Crippen LogP contribution in [0.2, 0.25) is 0 Å². The van der Waals surface area contributed by atoms with Crippen molar-refractivity contribution in [1.29, 1.82) is 0 Å². The number of amides is 2. The van der Waals surface area contributed by atoms with Gasteiger partial charge in [-0.2, -0.15) is 0 Å². The smallest absolute Gasteiger partial charge is 0.257 e. The van der Waals surface area contributed by atoms with Crippen molar-refractivity contribution >= 4 is 39.7 Å². The number of benzene rings is 2. The number of fused-ring (bicyclic) bond motifs is 1. The second-order valence-electron chi connectivity index (χ2n) is 9.16. The fourth-order valence-electron chi connectivity index (χ4n) is 4.71. The second-order valence-corrected chi connectivity index (χ2v) is 11.3. The number of nitrogens with zero attached hydrogens (tertiary/aromatic N) is 2. The van der Waals surface area contributed by atoms with Crippen LogP contribution in [0.15, 0.2) is 36.4 Å². The van der Waals surface area contributed by atoms with Crippen LogP contribution < -0.4 is 14.8 Å². The fraction of sp³-hybridized carbons (Fsp3) is 0.462. The first-order valence-electron chi connectivity index (χ1n) is 12.2. The van der Waals surface area contributed by atoms with Crippen LogP contribution in [0.1, 0.15) is 34.5 Å². The zero-order valence-electron chi connectivity index (χ0n) is 21.8. The first-order valence-corrected chi connectivity index (χ1v) is 14.3. The lowest BCUT2D eigenvalue weighted by Crippen LogP contribution is -2.41. The Kier molecular flexibility index (Phi) is 10.00. The number of carbonyl (C=O) groups excluding carboxylic acids is 2. The number of nitrogens with one attached hydrogen (secondary N) is 1. The summed E-state index contributed by atoms with van der Waals surface area (Å²) >= 11 is 0.